The monoisotopic (exact) mass is 450 g/mol. The second-order valence-electron chi connectivity index (χ2n) is 8.88. The van der Waals surface area contributed by atoms with Gasteiger partial charge in [-0.15, -0.1) is 0 Å². The van der Waals surface area contributed by atoms with Crippen molar-refractivity contribution in [1.29, 1.82) is 0 Å². The highest BCUT2D eigenvalue weighted by Gasteiger charge is 2.29. The summed E-state index contributed by atoms with van der Waals surface area (Å²) in [4.78, 5) is 29.6. The summed E-state index contributed by atoms with van der Waals surface area (Å²) in [7, 11) is 0. The third-order valence-electron chi connectivity index (χ3n) is 6.34. The van der Waals surface area contributed by atoms with Crippen molar-refractivity contribution < 1.29 is 19.1 Å². The standard InChI is InChI=1S/C27H34N2O4/c1-2-3-4-5-6-9-14-28(18-21-12-13-24-25(17-21)33-16-15-32-24)26(30)20-29-19-22-10-7-8-11-23(22)27(29)31/h7-8,10-13,17H,2-6,9,14-16,18-20H2,1H3. The number of rotatable bonds is 11. The molecule has 0 bridgehead atoms. The van der Waals surface area contributed by atoms with Crippen LogP contribution in [-0.4, -0.2) is 47.9 Å². The van der Waals surface area contributed by atoms with Crippen LogP contribution in [0.3, 0.4) is 0 Å². The number of hydrogen-bond acceptors (Lipinski definition) is 4. The Hall–Kier alpha value is -3.02. The third kappa shape index (κ3) is 5.86. The molecule has 2 aromatic carbocycles. The highest BCUT2D eigenvalue weighted by atomic mass is 16.6. The Morgan fingerprint density at radius 2 is 1.73 bits per heavy atom. The van der Waals surface area contributed by atoms with Crippen LogP contribution in [-0.2, 0) is 17.9 Å². The number of amides is 2. The van der Waals surface area contributed by atoms with Gasteiger partial charge in [0.2, 0.25) is 5.91 Å². The highest BCUT2D eigenvalue weighted by molar-refractivity contribution is 6.00. The zero-order chi connectivity index (χ0) is 23.0. The van der Waals surface area contributed by atoms with Crippen LogP contribution >= 0.6 is 0 Å². The van der Waals surface area contributed by atoms with Gasteiger partial charge in [-0.2, -0.15) is 0 Å². The highest BCUT2D eigenvalue weighted by Crippen LogP contribution is 2.31. The molecule has 2 aromatic rings. The number of hydrogen-bond donors (Lipinski definition) is 0. The summed E-state index contributed by atoms with van der Waals surface area (Å²) in [5, 5.41) is 0. The predicted octanol–water partition coefficient (Wildman–Crippen LogP) is 4.80. The predicted molar refractivity (Wildman–Crippen MR) is 127 cm³/mol. The van der Waals surface area contributed by atoms with Crippen LogP contribution in [0, 0.1) is 0 Å². The first-order valence-electron chi connectivity index (χ1n) is 12.2. The molecular formula is C27H34N2O4. The van der Waals surface area contributed by atoms with E-state index in [-0.39, 0.29) is 18.4 Å². The van der Waals surface area contributed by atoms with Crippen LogP contribution in [0.25, 0.3) is 0 Å². The molecule has 0 saturated carbocycles. The number of carbonyl (C=O) groups is 2. The van der Waals surface area contributed by atoms with Gasteiger partial charge in [0.05, 0.1) is 0 Å². The van der Waals surface area contributed by atoms with Gasteiger partial charge < -0.3 is 19.3 Å². The summed E-state index contributed by atoms with van der Waals surface area (Å²) >= 11 is 0. The van der Waals surface area contributed by atoms with Gasteiger partial charge in [0.1, 0.15) is 19.8 Å². The average Bonchev–Trinajstić information content (AvgIpc) is 3.15. The van der Waals surface area contributed by atoms with E-state index in [1.807, 2.05) is 47.4 Å². The number of unbranched alkanes of at least 4 members (excludes halogenated alkanes) is 5. The molecule has 0 atom stereocenters. The lowest BCUT2D eigenvalue weighted by molar-refractivity contribution is -0.132. The fourth-order valence-electron chi connectivity index (χ4n) is 4.49. The van der Waals surface area contributed by atoms with Gasteiger partial charge in [0.15, 0.2) is 11.5 Å². The van der Waals surface area contributed by atoms with Crippen LogP contribution in [0.1, 0.15) is 66.9 Å². The minimum Gasteiger partial charge on any atom is -0.486 e. The van der Waals surface area contributed by atoms with E-state index in [1.54, 1.807) is 4.90 Å². The van der Waals surface area contributed by atoms with Crippen LogP contribution in [0.15, 0.2) is 42.5 Å². The van der Waals surface area contributed by atoms with E-state index in [1.165, 1.54) is 25.7 Å². The minimum absolute atomic E-state index is 0.0143. The molecule has 2 aliphatic rings. The Labute approximate surface area is 196 Å². The molecule has 4 rings (SSSR count). The Bertz CT molecular complexity index is 974. The Kier molecular flexibility index (Phi) is 7.87. The van der Waals surface area contributed by atoms with Gasteiger partial charge >= 0.3 is 0 Å². The normalized spacial score (nSPS) is 14.3. The first-order chi connectivity index (χ1) is 16.2. The molecule has 0 fully saturated rings. The second-order valence-corrected chi connectivity index (χ2v) is 8.88. The quantitative estimate of drug-likeness (QED) is 0.461. The maximum atomic E-state index is 13.3. The fraction of sp³-hybridized carbons (Fsp3) is 0.481. The molecule has 0 radical (unpaired) electrons. The molecule has 176 valence electrons. The van der Waals surface area contributed by atoms with E-state index in [0.717, 1.165) is 35.5 Å². The van der Waals surface area contributed by atoms with Crippen LogP contribution in [0.5, 0.6) is 11.5 Å². The van der Waals surface area contributed by atoms with Crippen LogP contribution in [0.4, 0.5) is 0 Å². The zero-order valence-electron chi connectivity index (χ0n) is 19.6. The SMILES string of the molecule is CCCCCCCCN(Cc1ccc2c(c1)OCCO2)C(=O)CN1Cc2ccccc2C1=O. The van der Waals surface area contributed by atoms with E-state index in [4.69, 9.17) is 9.47 Å². The molecule has 33 heavy (non-hydrogen) atoms. The molecule has 0 aromatic heterocycles. The van der Waals surface area contributed by atoms with E-state index >= 15 is 0 Å². The van der Waals surface area contributed by atoms with Crippen LogP contribution in [0.2, 0.25) is 0 Å². The smallest absolute Gasteiger partial charge is 0.254 e. The molecule has 0 unspecified atom stereocenters. The molecule has 2 amide bonds. The van der Waals surface area contributed by atoms with Gasteiger partial charge in [-0.3, -0.25) is 9.59 Å². The van der Waals surface area contributed by atoms with Gasteiger partial charge in [0.25, 0.3) is 5.91 Å². The van der Waals surface area contributed by atoms with Crippen molar-refractivity contribution in [1.82, 2.24) is 9.80 Å². The maximum Gasteiger partial charge on any atom is 0.254 e. The van der Waals surface area contributed by atoms with Crippen molar-refractivity contribution in [2.24, 2.45) is 0 Å². The number of nitrogens with zero attached hydrogens (tertiary/aromatic N) is 2. The van der Waals surface area contributed by atoms with Crippen molar-refractivity contribution in [3.63, 3.8) is 0 Å². The van der Waals surface area contributed by atoms with Crippen molar-refractivity contribution >= 4 is 11.8 Å². The first-order valence-corrected chi connectivity index (χ1v) is 12.2. The molecular weight excluding hydrogens is 416 g/mol. The summed E-state index contributed by atoms with van der Waals surface area (Å²) in [5.41, 5.74) is 2.71. The lowest BCUT2D eigenvalue weighted by atomic mass is 10.1. The first kappa shape index (κ1) is 23.1. The van der Waals surface area contributed by atoms with Gasteiger partial charge in [-0.25, -0.2) is 0 Å². The van der Waals surface area contributed by atoms with E-state index < -0.39 is 0 Å². The van der Waals surface area contributed by atoms with Crippen molar-refractivity contribution in [2.75, 3.05) is 26.3 Å². The van der Waals surface area contributed by atoms with E-state index in [9.17, 15) is 9.59 Å². The summed E-state index contributed by atoms with van der Waals surface area (Å²) in [6, 6.07) is 13.5. The number of ether oxygens (including phenoxy) is 2. The van der Waals surface area contributed by atoms with E-state index in [0.29, 0.717) is 38.4 Å². The molecule has 2 aliphatic heterocycles. The Balaban J connectivity index is 1.40. The molecule has 2 heterocycles. The summed E-state index contributed by atoms with van der Waals surface area (Å²) in [6.45, 7) is 5.10. The average molecular weight is 451 g/mol. The minimum atomic E-state index is -0.0576. The summed E-state index contributed by atoms with van der Waals surface area (Å²) in [5.74, 6) is 1.41. The third-order valence-corrected chi connectivity index (χ3v) is 6.34. The maximum absolute atomic E-state index is 13.3. The largest absolute Gasteiger partial charge is 0.486 e. The molecule has 0 saturated heterocycles. The number of carbonyl (C=O) groups excluding carboxylic acids is 2. The summed E-state index contributed by atoms with van der Waals surface area (Å²) in [6.07, 6.45) is 7.00. The Morgan fingerprint density at radius 3 is 2.55 bits per heavy atom. The zero-order valence-corrected chi connectivity index (χ0v) is 19.6. The fourth-order valence-corrected chi connectivity index (χ4v) is 4.49. The lowest BCUT2D eigenvalue weighted by Crippen LogP contribution is -2.40. The molecule has 6 heteroatoms. The lowest BCUT2D eigenvalue weighted by Gasteiger charge is -2.26. The number of fused-ring (bicyclic) bond motifs is 2. The van der Waals surface area contributed by atoms with Gasteiger partial charge in [0, 0.05) is 25.2 Å². The van der Waals surface area contributed by atoms with Crippen molar-refractivity contribution in [2.45, 2.75) is 58.5 Å². The number of benzene rings is 2. The van der Waals surface area contributed by atoms with Gasteiger partial charge in [-0.05, 0) is 35.7 Å². The van der Waals surface area contributed by atoms with Crippen LogP contribution < -0.4 is 9.47 Å². The molecule has 0 spiro atoms. The summed E-state index contributed by atoms with van der Waals surface area (Å²) < 4.78 is 11.3. The van der Waals surface area contributed by atoms with Gasteiger partial charge in [-0.1, -0.05) is 63.3 Å². The van der Waals surface area contributed by atoms with E-state index in [2.05, 4.69) is 6.92 Å². The van der Waals surface area contributed by atoms with Crippen molar-refractivity contribution in [3.05, 3.63) is 59.2 Å². The second kappa shape index (κ2) is 11.2. The Morgan fingerprint density at radius 1 is 0.970 bits per heavy atom. The topological polar surface area (TPSA) is 59.1 Å². The molecule has 0 aliphatic carbocycles. The molecule has 0 N–H and O–H groups in total. The molecule has 6 nitrogen and oxygen atoms in total. The van der Waals surface area contributed by atoms with Crippen molar-refractivity contribution in [3.8, 4) is 11.5 Å².